The summed E-state index contributed by atoms with van der Waals surface area (Å²) >= 11 is 0. The van der Waals surface area contributed by atoms with Crippen LogP contribution in [0.4, 0.5) is 11.4 Å². The summed E-state index contributed by atoms with van der Waals surface area (Å²) in [5.41, 5.74) is -0.944. The highest BCUT2D eigenvalue weighted by atomic mass is 32.2. The van der Waals surface area contributed by atoms with Crippen molar-refractivity contribution in [1.29, 1.82) is 0 Å². The molecule has 0 saturated carbocycles. The molecule has 1 aliphatic rings. The van der Waals surface area contributed by atoms with Gasteiger partial charge < -0.3 is 10.0 Å². The normalized spacial score (nSPS) is 18.5. The number of nitrogens with zero attached hydrogens (tertiary/aromatic N) is 2. The van der Waals surface area contributed by atoms with Gasteiger partial charge in [-0.05, 0) is 6.07 Å². The Hall–Kier alpha value is -2.53. The Balaban J connectivity index is 2.46. The van der Waals surface area contributed by atoms with Gasteiger partial charge in [0.05, 0.1) is 16.2 Å². The lowest BCUT2D eigenvalue weighted by atomic mass is 10.1. The Morgan fingerprint density at radius 3 is 2.50 bits per heavy atom. The van der Waals surface area contributed by atoms with Crippen LogP contribution in [0.2, 0.25) is 0 Å². The average molecular weight is 329 g/mol. The van der Waals surface area contributed by atoms with Crippen molar-refractivity contribution in [2.75, 3.05) is 11.4 Å². The van der Waals surface area contributed by atoms with Crippen molar-refractivity contribution in [3.63, 3.8) is 0 Å². The van der Waals surface area contributed by atoms with Gasteiger partial charge in [-0.25, -0.2) is 18.4 Å². The van der Waals surface area contributed by atoms with E-state index in [0.717, 1.165) is 23.1 Å². The molecule has 1 heterocycles. The molecule has 118 valence electrons. The van der Waals surface area contributed by atoms with E-state index in [9.17, 15) is 28.1 Å². The highest BCUT2D eigenvalue weighted by molar-refractivity contribution is 7.89. The second kappa shape index (κ2) is 5.35. The first-order valence-corrected chi connectivity index (χ1v) is 7.55. The van der Waals surface area contributed by atoms with E-state index in [-0.39, 0.29) is 24.2 Å². The number of carbonyl (C=O) groups is 2. The number of amides is 1. The second-order valence-corrected chi connectivity index (χ2v) is 6.56. The van der Waals surface area contributed by atoms with E-state index in [1.165, 1.54) is 0 Å². The molecule has 0 bridgehead atoms. The van der Waals surface area contributed by atoms with E-state index in [4.69, 9.17) is 10.2 Å². The van der Waals surface area contributed by atoms with Crippen molar-refractivity contribution in [3.8, 4) is 0 Å². The van der Waals surface area contributed by atoms with E-state index >= 15 is 0 Å². The third-order valence-electron chi connectivity index (χ3n) is 3.23. The van der Waals surface area contributed by atoms with Gasteiger partial charge in [-0.15, -0.1) is 0 Å². The predicted octanol–water partition coefficient (Wildman–Crippen LogP) is -0.313. The number of primary sulfonamides is 1. The Labute approximate surface area is 124 Å². The maximum absolute atomic E-state index is 11.9. The number of hydrogen-bond donors (Lipinski definition) is 2. The first kappa shape index (κ1) is 15.9. The van der Waals surface area contributed by atoms with Gasteiger partial charge in [0.25, 0.3) is 5.69 Å². The summed E-state index contributed by atoms with van der Waals surface area (Å²) in [4.78, 5) is 33.9. The largest absolute Gasteiger partial charge is 0.478 e. The molecule has 3 N–H and O–H groups in total. The van der Waals surface area contributed by atoms with Crippen molar-refractivity contribution in [1.82, 2.24) is 0 Å². The summed E-state index contributed by atoms with van der Waals surface area (Å²) in [6, 6.07) is 2.93. The Morgan fingerprint density at radius 1 is 1.41 bits per heavy atom. The minimum atomic E-state index is -3.94. The van der Waals surface area contributed by atoms with Gasteiger partial charge in [0.1, 0.15) is 5.25 Å². The third-order valence-corrected chi connectivity index (χ3v) is 4.47. The van der Waals surface area contributed by atoms with Crippen LogP contribution in [0.3, 0.4) is 0 Å². The van der Waals surface area contributed by atoms with Gasteiger partial charge in [0.2, 0.25) is 15.9 Å². The van der Waals surface area contributed by atoms with Gasteiger partial charge in [0.15, 0.2) is 0 Å². The van der Waals surface area contributed by atoms with Crippen molar-refractivity contribution in [2.45, 2.75) is 11.7 Å². The van der Waals surface area contributed by atoms with E-state index in [1.807, 2.05) is 0 Å². The van der Waals surface area contributed by atoms with Gasteiger partial charge >= 0.3 is 5.97 Å². The quantitative estimate of drug-likeness (QED) is 0.565. The van der Waals surface area contributed by atoms with Gasteiger partial charge in [-0.2, -0.15) is 0 Å². The number of anilines is 1. The van der Waals surface area contributed by atoms with Crippen LogP contribution in [0.15, 0.2) is 18.2 Å². The average Bonchev–Trinajstić information content (AvgIpc) is 2.80. The summed E-state index contributed by atoms with van der Waals surface area (Å²) in [6.45, 7) is -0.280. The number of carbonyl (C=O) groups excluding carboxylic acids is 1. The number of aromatic carboxylic acids is 1. The first-order chi connectivity index (χ1) is 10.1. The Morgan fingerprint density at radius 2 is 2.05 bits per heavy atom. The zero-order chi connectivity index (χ0) is 16.7. The second-order valence-electron chi connectivity index (χ2n) is 4.72. The lowest BCUT2D eigenvalue weighted by Gasteiger charge is -2.16. The molecule has 0 spiro atoms. The molecule has 11 heteroatoms. The van der Waals surface area contributed by atoms with Crippen LogP contribution in [0, 0.1) is 10.1 Å². The van der Waals surface area contributed by atoms with Gasteiger partial charge in [0, 0.05) is 25.1 Å². The number of nitro benzene ring substituents is 1. The van der Waals surface area contributed by atoms with Crippen LogP contribution in [-0.2, 0) is 14.8 Å². The summed E-state index contributed by atoms with van der Waals surface area (Å²) in [5, 5.41) is 23.7. The molecule has 0 radical (unpaired) electrons. The molecule has 1 aliphatic heterocycles. The van der Waals surface area contributed by atoms with Crippen molar-refractivity contribution in [3.05, 3.63) is 33.9 Å². The van der Waals surface area contributed by atoms with Crippen LogP contribution in [0.5, 0.6) is 0 Å². The van der Waals surface area contributed by atoms with E-state index in [1.54, 1.807) is 0 Å². The van der Waals surface area contributed by atoms with Crippen LogP contribution >= 0.6 is 0 Å². The van der Waals surface area contributed by atoms with Gasteiger partial charge in [-0.1, -0.05) is 0 Å². The Kier molecular flexibility index (Phi) is 3.85. The summed E-state index contributed by atoms with van der Waals surface area (Å²) in [5.74, 6) is -2.00. The molecule has 10 nitrogen and oxygen atoms in total. The third kappa shape index (κ3) is 3.04. The van der Waals surface area contributed by atoms with Crippen molar-refractivity contribution < 1.29 is 28.0 Å². The molecule has 1 atom stereocenters. The van der Waals surface area contributed by atoms with Crippen LogP contribution in [-0.4, -0.2) is 42.1 Å². The number of rotatable bonds is 4. The monoisotopic (exact) mass is 329 g/mol. The lowest BCUT2D eigenvalue weighted by Crippen LogP contribution is -2.32. The maximum Gasteiger partial charge on any atom is 0.336 e. The summed E-state index contributed by atoms with van der Waals surface area (Å²) < 4.78 is 22.6. The lowest BCUT2D eigenvalue weighted by molar-refractivity contribution is -0.384. The van der Waals surface area contributed by atoms with E-state index in [2.05, 4.69) is 0 Å². The number of sulfonamides is 1. The predicted molar refractivity (Wildman–Crippen MR) is 73.9 cm³/mol. The number of nitrogens with two attached hydrogens (primary N) is 1. The zero-order valence-electron chi connectivity index (χ0n) is 11.0. The number of carboxylic acids is 1. The topological polar surface area (TPSA) is 161 Å². The maximum atomic E-state index is 11.9. The first-order valence-electron chi connectivity index (χ1n) is 5.94. The number of hydrogen-bond acceptors (Lipinski definition) is 6. The molecular weight excluding hydrogens is 318 g/mol. The minimum Gasteiger partial charge on any atom is -0.478 e. The van der Waals surface area contributed by atoms with Crippen molar-refractivity contribution >= 4 is 33.3 Å². The number of carboxylic acid groups (broad SMARTS) is 1. The molecule has 1 amide bonds. The van der Waals surface area contributed by atoms with Crippen LogP contribution < -0.4 is 10.0 Å². The van der Waals surface area contributed by atoms with E-state index in [0.29, 0.717) is 0 Å². The number of non-ortho nitro benzene ring substituents is 1. The zero-order valence-corrected chi connectivity index (χ0v) is 11.8. The SMILES string of the molecule is NS(=O)(=O)C1CC(=O)N(c2cc(C(=O)O)cc([N+](=O)[O-])c2)C1. The smallest absolute Gasteiger partial charge is 0.336 e. The standard InChI is InChI=1S/C11H11N3O7S/c12-22(20,21)9-4-10(15)13(5-9)7-1-6(11(16)17)2-8(3-7)14(18)19/h1-3,9H,4-5H2,(H,16,17)(H2,12,20,21). The minimum absolute atomic E-state index is 0.0530. The molecule has 1 fully saturated rings. The molecule has 0 aromatic heterocycles. The molecule has 22 heavy (non-hydrogen) atoms. The molecule has 2 rings (SSSR count). The molecule has 1 saturated heterocycles. The summed E-state index contributed by atoms with van der Waals surface area (Å²) in [6.07, 6.45) is -0.357. The fourth-order valence-electron chi connectivity index (χ4n) is 2.12. The summed E-state index contributed by atoms with van der Waals surface area (Å²) in [7, 11) is -3.94. The van der Waals surface area contributed by atoms with Crippen LogP contribution in [0.25, 0.3) is 0 Å². The molecule has 1 aromatic rings. The van der Waals surface area contributed by atoms with Gasteiger partial charge in [-0.3, -0.25) is 14.9 Å². The fourth-order valence-corrected chi connectivity index (χ4v) is 2.86. The van der Waals surface area contributed by atoms with Crippen molar-refractivity contribution in [2.24, 2.45) is 5.14 Å². The molecule has 1 unspecified atom stereocenters. The molecular formula is C11H11N3O7S. The number of nitro groups is 1. The highest BCUT2D eigenvalue weighted by Crippen LogP contribution is 2.29. The highest BCUT2D eigenvalue weighted by Gasteiger charge is 2.37. The van der Waals surface area contributed by atoms with Crippen LogP contribution in [0.1, 0.15) is 16.8 Å². The van der Waals surface area contributed by atoms with E-state index < -0.39 is 37.8 Å². The molecule has 1 aromatic carbocycles. The fraction of sp³-hybridized carbons (Fsp3) is 0.273. The number of benzene rings is 1. The Bertz CT molecular complexity index is 742. The molecule has 0 aliphatic carbocycles.